The van der Waals surface area contributed by atoms with Crippen molar-refractivity contribution in [1.29, 1.82) is 0 Å². The number of anilines is 1. The summed E-state index contributed by atoms with van der Waals surface area (Å²) >= 11 is 1.82. The number of rotatable bonds is 4. The molecule has 1 aromatic carbocycles. The number of benzene rings is 1. The lowest BCUT2D eigenvalue weighted by molar-refractivity contribution is 0.0746. The van der Waals surface area contributed by atoms with Gasteiger partial charge in [-0.25, -0.2) is 18.4 Å². The number of aromatic nitrogens is 2. The molecule has 2 aromatic heterocycles. The van der Waals surface area contributed by atoms with E-state index in [9.17, 15) is 13.2 Å². The van der Waals surface area contributed by atoms with Gasteiger partial charge in [-0.3, -0.25) is 4.79 Å². The summed E-state index contributed by atoms with van der Waals surface area (Å²) in [6.45, 7) is 10.7. The number of amides is 1. The third-order valence-corrected chi connectivity index (χ3v) is 11.8. The summed E-state index contributed by atoms with van der Waals surface area (Å²) in [5, 5.41) is 1.21. The van der Waals surface area contributed by atoms with Crippen molar-refractivity contribution in [3.05, 3.63) is 46.6 Å². The number of nitrogens with zero attached hydrogens (tertiary/aromatic N) is 5. The second kappa shape index (κ2) is 10.1. The average Bonchev–Trinajstić information content (AvgIpc) is 3.61. The Morgan fingerprint density at radius 1 is 0.974 bits per heavy atom. The Balaban J connectivity index is 1.15. The summed E-state index contributed by atoms with van der Waals surface area (Å²) in [5.41, 5.74) is 2.25. The summed E-state index contributed by atoms with van der Waals surface area (Å²) in [6.07, 6.45) is 6.84. The minimum atomic E-state index is -3.48. The summed E-state index contributed by atoms with van der Waals surface area (Å²) in [6, 6.07) is 6.43. The Bertz CT molecular complexity index is 1480. The maximum absolute atomic E-state index is 13.3. The molecule has 6 rings (SSSR count). The molecule has 2 saturated heterocycles. The molecular formula is C29H37N5O3S2. The zero-order chi connectivity index (χ0) is 27.4. The summed E-state index contributed by atoms with van der Waals surface area (Å²) in [5.74, 6) is 1.61. The van der Waals surface area contributed by atoms with E-state index in [0.717, 1.165) is 36.3 Å². The smallest absolute Gasteiger partial charge is 0.253 e. The van der Waals surface area contributed by atoms with E-state index < -0.39 is 10.0 Å². The molecule has 0 N–H and O–H groups in total. The molecule has 208 valence electrons. The largest absolute Gasteiger partial charge is 0.352 e. The van der Waals surface area contributed by atoms with Crippen LogP contribution in [0.15, 0.2) is 35.5 Å². The number of piperazine rings is 1. The van der Waals surface area contributed by atoms with E-state index in [1.54, 1.807) is 30.6 Å². The maximum atomic E-state index is 13.3. The van der Waals surface area contributed by atoms with Gasteiger partial charge in [0.1, 0.15) is 17.0 Å². The third-order valence-electron chi connectivity index (χ3n) is 8.72. The number of fused-ring (bicyclic) bond motifs is 3. The number of hydrogen-bond donors (Lipinski definition) is 0. The summed E-state index contributed by atoms with van der Waals surface area (Å²) in [4.78, 5) is 29.6. The quantitative estimate of drug-likeness (QED) is 0.459. The van der Waals surface area contributed by atoms with Crippen molar-refractivity contribution in [1.82, 2.24) is 19.2 Å². The molecule has 39 heavy (non-hydrogen) atoms. The molecule has 1 aliphatic carbocycles. The highest BCUT2D eigenvalue weighted by Gasteiger charge is 2.33. The zero-order valence-electron chi connectivity index (χ0n) is 23.0. The van der Waals surface area contributed by atoms with Crippen molar-refractivity contribution < 1.29 is 13.2 Å². The molecule has 8 nitrogen and oxygen atoms in total. The molecule has 0 bridgehead atoms. The molecule has 2 aliphatic heterocycles. The fourth-order valence-electron chi connectivity index (χ4n) is 6.22. The van der Waals surface area contributed by atoms with Crippen molar-refractivity contribution in [2.75, 3.05) is 44.2 Å². The van der Waals surface area contributed by atoms with Gasteiger partial charge in [0, 0.05) is 49.7 Å². The van der Waals surface area contributed by atoms with Crippen molar-refractivity contribution >= 4 is 43.3 Å². The first-order valence-electron chi connectivity index (χ1n) is 14.0. The molecule has 1 atom stereocenters. The third kappa shape index (κ3) is 4.95. The van der Waals surface area contributed by atoms with Crippen molar-refractivity contribution in [3.8, 4) is 0 Å². The Kier molecular flexibility index (Phi) is 6.92. The Hall–Kier alpha value is -2.56. The zero-order valence-corrected chi connectivity index (χ0v) is 24.7. The van der Waals surface area contributed by atoms with E-state index in [2.05, 4.69) is 30.7 Å². The van der Waals surface area contributed by atoms with Gasteiger partial charge in [-0.05, 0) is 73.3 Å². The highest BCUT2D eigenvalue weighted by molar-refractivity contribution is 7.89. The van der Waals surface area contributed by atoms with Gasteiger partial charge in [-0.1, -0.05) is 20.8 Å². The topological polar surface area (TPSA) is 86.7 Å². The number of sulfonamides is 1. The van der Waals surface area contributed by atoms with Crippen LogP contribution in [0, 0.1) is 11.3 Å². The van der Waals surface area contributed by atoms with Crippen molar-refractivity contribution in [2.45, 2.75) is 57.8 Å². The SMILES string of the molecule is CC(C)(C)C1CCc2c(sc3ncnc(N4CCN(C(=O)c5ccc(S(=O)(=O)N6CCCC6)cc5)CC4)c23)C1. The standard InChI is InChI=1S/C29H37N5O3S2/c1-29(2,3)21-8-11-23-24(18-21)38-27-25(23)26(30-19-31-27)32-14-16-33(17-15-32)28(35)20-6-9-22(10-7-20)39(36,37)34-12-4-5-13-34/h6-7,9-10,19,21H,4-5,8,11-18H2,1-3H3. The lowest BCUT2D eigenvalue weighted by atomic mass is 9.72. The van der Waals surface area contributed by atoms with Gasteiger partial charge in [0.15, 0.2) is 0 Å². The molecular weight excluding hydrogens is 530 g/mol. The maximum Gasteiger partial charge on any atom is 0.253 e. The molecule has 1 amide bonds. The fourth-order valence-corrected chi connectivity index (χ4v) is 9.00. The van der Waals surface area contributed by atoms with Crippen LogP contribution in [0.2, 0.25) is 0 Å². The molecule has 2 fully saturated rings. The van der Waals surface area contributed by atoms with Gasteiger partial charge in [-0.15, -0.1) is 11.3 Å². The molecule has 4 heterocycles. The van der Waals surface area contributed by atoms with Crippen LogP contribution < -0.4 is 4.90 Å². The van der Waals surface area contributed by atoms with E-state index in [0.29, 0.717) is 56.2 Å². The minimum Gasteiger partial charge on any atom is -0.352 e. The van der Waals surface area contributed by atoms with E-state index in [1.807, 2.05) is 16.2 Å². The van der Waals surface area contributed by atoms with Crippen LogP contribution in [-0.2, 0) is 22.9 Å². The average molecular weight is 568 g/mol. The molecule has 0 spiro atoms. The first kappa shape index (κ1) is 26.7. The first-order valence-corrected chi connectivity index (χ1v) is 16.3. The van der Waals surface area contributed by atoms with Gasteiger partial charge in [0.05, 0.1) is 10.3 Å². The number of carbonyl (C=O) groups excluding carboxylic acids is 1. The summed E-state index contributed by atoms with van der Waals surface area (Å²) in [7, 11) is -3.48. The lowest BCUT2D eigenvalue weighted by Gasteiger charge is -2.36. The van der Waals surface area contributed by atoms with E-state index >= 15 is 0 Å². The van der Waals surface area contributed by atoms with Gasteiger partial charge in [-0.2, -0.15) is 4.31 Å². The minimum absolute atomic E-state index is 0.0614. The molecule has 3 aliphatic rings. The molecule has 1 unspecified atom stereocenters. The van der Waals surface area contributed by atoms with Crippen molar-refractivity contribution in [3.63, 3.8) is 0 Å². The molecule has 0 radical (unpaired) electrons. The van der Waals surface area contributed by atoms with E-state index in [4.69, 9.17) is 4.98 Å². The van der Waals surface area contributed by atoms with Crippen LogP contribution in [0.1, 0.15) is 60.8 Å². The van der Waals surface area contributed by atoms with Gasteiger partial charge in [0.25, 0.3) is 5.91 Å². The lowest BCUT2D eigenvalue weighted by Crippen LogP contribution is -2.49. The fraction of sp³-hybridized carbons (Fsp3) is 0.552. The van der Waals surface area contributed by atoms with Crippen LogP contribution in [0.4, 0.5) is 5.82 Å². The predicted octanol–water partition coefficient (Wildman–Crippen LogP) is 4.59. The first-order chi connectivity index (χ1) is 18.6. The number of thiophene rings is 1. The molecule has 3 aromatic rings. The van der Waals surface area contributed by atoms with Crippen LogP contribution in [0.3, 0.4) is 0 Å². The van der Waals surface area contributed by atoms with Crippen LogP contribution in [-0.4, -0.2) is 72.8 Å². The Morgan fingerprint density at radius 2 is 1.67 bits per heavy atom. The van der Waals surface area contributed by atoms with Gasteiger partial charge >= 0.3 is 0 Å². The van der Waals surface area contributed by atoms with Crippen LogP contribution in [0.25, 0.3) is 10.2 Å². The monoisotopic (exact) mass is 567 g/mol. The van der Waals surface area contributed by atoms with E-state index in [1.165, 1.54) is 26.6 Å². The summed E-state index contributed by atoms with van der Waals surface area (Å²) < 4.78 is 27.2. The predicted molar refractivity (Wildman–Crippen MR) is 155 cm³/mol. The highest BCUT2D eigenvalue weighted by atomic mass is 32.2. The number of aryl methyl sites for hydroxylation is 1. The Labute approximate surface area is 235 Å². The number of hydrogen-bond acceptors (Lipinski definition) is 7. The van der Waals surface area contributed by atoms with E-state index in [-0.39, 0.29) is 10.8 Å². The van der Waals surface area contributed by atoms with Crippen LogP contribution >= 0.6 is 11.3 Å². The normalized spacial score (nSPS) is 20.9. The van der Waals surface area contributed by atoms with Gasteiger partial charge < -0.3 is 9.80 Å². The molecule has 10 heteroatoms. The molecule has 0 saturated carbocycles. The highest BCUT2D eigenvalue weighted by Crippen LogP contribution is 2.44. The second-order valence-corrected chi connectivity index (χ2v) is 15.1. The number of carbonyl (C=O) groups is 1. The van der Waals surface area contributed by atoms with Gasteiger partial charge in [0.2, 0.25) is 10.0 Å². The second-order valence-electron chi connectivity index (χ2n) is 12.1. The Morgan fingerprint density at radius 3 is 2.33 bits per heavy atom. The van der Waals surface area contributed by atoms with Crippen molar-refractivity contribution in [2.24, 2.45) is 11.3 Å². The van der Waals surface area contributed by atoms with Crippen LogP contribution in [0.5, 0.6) is 0 Å².